The van der Waals surface area contributed by atoms with Crippen molar-refractivity contribution in [1.29, 1.82) is 0 Å². The van der Waals surface area contributed by atoms with Crippen molar-refractivity contribution in [1.82, 2.24) is 0 Å². The molecule has 63 heavy (non-hydrogen) atoms. The third kappa shape index (κ3) is 6.58. The lowest BCUT2D eigenvalue weighted by Crippen LogP contribution is -2.12. The van der Waals surface area contributed by atoms with E-state index in [1.807, 2.05) is 11.3 Å². The van der Waals surface area contributed by atoms with Crippen molar-refractivity contribution < 1.29 is 4.42 Å². The summed E-state index contributed by atoms with van der Waals surface area (Å²) >= 11 is 1.88. The highest BCUT2D eigenvalue weighted by atomic mass is 32.1. The number of nitrogens with zero attached hydrogens (tertiary/aromatic N) is 1. The first-order valence-corrected chi connectivity index (χ1v) is 22.2. The number of benzene rings is 10. The normalized spacial score (nSPS) is 11.5. The summed E-state index contributed by atoms with van der Waals surface area (Å²) in [5, 5.41) is 4.63. The molecule has 0 radical (unpaired) electrons. The number of rotatable bonds is 8. The van der Waals surface area contributed by atoms with Crippen molar-refractivity contribution in [2.75, 3.05) is 4.90 Å². The average molecular weight is 822 g/mol. The standard InChI is InChI=1S/C60H39NOS/c1-6-16-40(17-7-1)45-28-33-54(52(36-45)44-24-14-5-15-25-44)61(48-29-35-56-53(39-48)50-30-26-46(37-57(50)62-56)41-18-8-2-9-19-41)55-34-32-49(43-22-12-4-13-23-43)60-59(55)51-31-27-47(38-58(51)63-60)42-20-10-3-11-21-42/h1-39H. The summed E-state index contributed by atoms with van der Waals surface area (Å²) in [4.78, 5) is 2.49. The Hall–Kier alpha value is -7.98. The molecule has 0 aliphatic rings. The number of furan rings is 1. The maximum atomic E-state index is 6.63. The molecule has 0 spiro atoms. The highest BCUT2D eigenvalue weighted by Gasteiger charge is 2.25. The highest BCUT2D eigenvalue weighted by molar-refractivity contribution is 7.26. The molecule has 296 valence electrons. The first-order chi connectivity index (χ1) is 31.2. The van der Waals surface area contributed by atoms with E-state index in [9.17, 15) is 0 Å². The van der Waals surface area contributed by atoms with Gasteiger partial charge >= 0.3 is 0 Å². The first kappa shape index (κ1) is 36.8. The van der Waals surface area contributed by atoms with Gasteiger partial charge in [-0.25, -0.2) is 0 Å². The van der Waals surface area contributed by atoms with E-state index in [0.29, 0.717) is 0 Å². The Kier molecular flexibility index (Phi) is 9.06. The van der Waals surface area contributed by atoms with Crippen molar-refractivity contribution in [2.24, 2.45) is 0 Å². The first-order valence-electron chi connectivity index (χ1n) is 21.4. The predicted octanol–water partition coefficient (Wildman–Crippen LogP) is 17.8. The molecule has 2 nitrogen and oxygen atoms in total. The average Bonchev–Trinajstić information content (AvgIpc) is 3.93. The van der Waals surface area contributed by atoms with Gasteiger partial charge in [-0.1, -0.05) is 182 Å². The van der Waals surface area contributed by atoms with Crippen LogP contribution in [0.4, 0.5) is 17.1 Å². The van der Waals surface area contributed by atoms with Crippen LogP contribution < -0.4 is 4.90 Å². The van der Waals surface area contributed by atoms with E-state index in [0.717, 1.165) is 55.7 Å². The second-order valence-electron chi connectivity index (χ2n) is 16.0. The second-order valence-corrected chi connectivity index (χ2v) is 17.1. The molecule has 2 heterocycles. The van der Waals surface area contributed by atoms with Crippen molar-refractivity contribution in [2.45, 2.75) is 0 Å². The quantitative estimate of drug-likeness (QED) is 0.152. The molecule has 0 unspecified atom stereocenters. The largest absolute Gasteiger partial charge is 0.456 e. The van der Waals surface area contributed by atoms with Gasteiger partial charge in [-0.2, -0.15) is 0 Å². The lowest BCUT2D eigenvalue weighted by molar-refractivity contribution is 0.669. The van der Waals surface area contributed by atoms with Gasteiger partial charge in [0.15, 0.2) is 0 Å². The Labute approximate surface area is 370 Å². The van der Waals surface area contributed by atoms with E-state index in [-0.39, 0.29) is 0 Å². The summed E-state index contributed by atoms with van der Waals surface area (Å²) in [7, 11) is 0. The highest BCUT2D eigenvalue weighted by Crippen LogP contribution is 2.51. The van der Waals surface area contributed by atoms with Crippen LogP contribution in [0.15, 0.2) is 241 Å². The lowest BCUT2D eigenvalue weighted by atomic mass is 9.95. The van der Waals surface area contributed by atoms with Crippen molar-refractivity contribution >= 4 is 70.5 Å². The van der Waals surface area contributed by atoms with Gasteiger partial charge in [0, 0.05) is 42.2 Å². The fraction of sp³-hybridized carbons (Fsp3) is 0. The number of fused-ring (bicyclic) bond motifs is 6. The molecule has 0 saturated carbocycles. The Morgan fingerprint density at radius 1 is 0.317 bits per heavy atom. The van der Waals surface area contributed by atoms with Gasteiger partial charge in [-0.05, 0) is 105 Å². The number of thiophene rings is 1. The zero-order valence-corrected chi connectivity index (χ0v) is 35.1. The molecule has 0 aliphatic heterocycles. The minimum atomic E-state index is 0.862. The Morgan fingerprint density at radius 2 is 0.825 bits per heavy atom. The number of hydrogen-bond donors (Lipinski definition) is 0. The predicted molar refractivity (Wildman–Crippen MR) is 268 cm³/mol. The molecule has 0 fully saturated rings. The molecular formula is C60H39NOS. The van der Waals surface area contributed by atoms with Crippen LogP contribution in [0.1, 0.15) is 0 Å². The minimum absolute atomic E-state index is 0.862. The van der Waals surface area contributed by atoms with E-state index in [1.54, 1.807) is 0 Å². The summed E-state index contributed by atoms with van der Waals surface area (Å²) in [6.07, 6.45) is 0. The molecule has 2 aromatic heterocycles. The van der Waals surface area contributed by atoms with Gasteiger partial charge in [0.05, 0.1) is 11.4 Å². The van der Waals surface area contributed by atoms with Crippen LogP contribution >= 0.6 is 11.3 Å². The second kappa shape index (κ2) is 15.5. The smallest absolute Gasteiger partial charge is 0.136 e. The van der Waals surface area contributed by atoms with Gasteiger partial charge in [0.2, 0.25) is 0 Å². The summed E-state index contributed by atoms with van der Waals surface area (Å²) in [6.45, 7) is 0. The lowest BCUT2D eigenvalue weighted by Gasteiger charge is -2.29. The molecule has 10 aromatic carbocycles. The monoisotopic (exact) mass is 821 g/mol. The van der Waals surface area contributed by atoms with E-state index in [4.69, 9.17) is 4.42 Å². The molecule has 0 saturated heterocycles. The summed E-state index contributed by atoms with van der Waals surface area (Å²) in [5.74, 6) is 0. The summed E-state index contributed by atoms with van der Waals surface area (Å²) < 4.78 is 9.14. The van der Waals surface area contributed by atoms with Crippen LogP contribution in [0.3, 0.4) is 0 Å². The Balaban J connectivity index is 1.14. The third-order valence-electron chi connectivity index (χ3n) is 12.3. The van der Waals surface area contributed by atoms with Crippen LogP contribution in [-0.2, 0) is 0 Å². The van der Waals surface area contributed by atoms with Crippen LogP contribution in [0, 0.1) is 0 Å². The molecule has 3 heteroatoms. The minimum Gasteiger partial charge on any atom is -0.456 e. The fourth-order valence-electron chi connectivity index (χ4n) is 9.22. The molecule has 0 amide bonds. The Bertz CT molecular complexity index is 3600. The molecule has 12 rings (SSSR count). The van der Waals surface area contributed by atoms with Crippen molar-refractivity contribution in [3.63, 3.8) is 0 Å². The maximum absolute atomic E-state index is 6.63. The topological polar surface area (TPSA) is 16.4 Å². The van der Waals surface area contributed by atoms with Gasteiger partial charge in [0.25, 0.3) is 0 Å². The number of hydrogen-bond acceptors (Lipinski definition) is 3. The van der Waals surface area contributed by atoms with Gasteiger partial charge in [-0.3, -0.25) is 0 Å². The maximum Gasteiger partial charge on any atom is 0.136 e. The zero-order chi connectivity index (χ0) is 41.7. The van der Waals surface area contributed by atoms with E-state index in [2.05, 4.69) is 241 Å². The summed E-state index contributed by atoms with van der Waals surface area (Å²) in [6, 6.07) is 85.4. The third-order valence-corrected chi connectivity index (χ3v) is 13.5. The molecule has 0 N–H and O–H groups in total. The van der Waals surface area contributed by atoms with Crippen LogP contribution in [0.2, 0.25) is 0 Å². The van der Waals surface area contributed by atoms with Crippen LogP contribution in [-0.4, -0.2) is 0 Å². The molecule has 12 aromatic rings. The van der Waals surface area contributed by atoms with E-state index in [1.165, 1.54) is 59.1 Å². The van der Waals surface area contributed by atoms with Crippen LogP contribution in [0.25, 0.3) is 97.7 Å². The number of anilines is 3. The molecule has 0 bridgehead atoms. The van der Waals surface area contributed by atoms with Crippen molar-refractivity contribution in [3.05, 3.63) is 237 Å². The molecular weight excluding hydrogens is 783 g/mol. The van der Waals surface area contributed by atoms with Gasteiger partial charge in [-0.15, -0.1) is 11.3 Å². The fourth-order valence-corrected chi connectivity index (χ4v) is 10.5. The van der Waals surface area contributed by atoms with Gasteiger partial charge in [0.1, 0.15) is 11.2 Å². The molecule has 0 atom stereocenters. The van der Waals surface area contributed by atoms with E-state index < -0.39 is 0 Å². The SMILES string of the molecule is c1ccc(-c2ccc(N(c3ccc4oc5cc(-c6ccccc6)ccc5c4c3)c3ccc(-c4ccccc4)c4sc5cc(-c6ccccc6)ccc5c34)c(-c3ccccc3)c2)cc1. The van der Waals surface area contributed by atoms with E-state index >= 15 is 0 Å². The van der Waals surface area contributed by atoms with Crippen LogP contribution in [0.5, 0.6) is 0 Å². The van der Waals surface area contributed by atoms with Gasteiger partial charge < -0.3 is 9.32 Å². The summed E-state index contributed by atoms with van der Waals surface area (Å²) in [5.41, 5.74) is 16.8. The molecule has 0 aliphatic carbocycles. The Morgan fingerprint density at radius 3 is 1.44 bits per heavy atom. The van der Waals surface area contributed by atoms with Crippen molar-refractivity contribution in [3.8, 4) is 55.6 Å². The zero-order valence-electron chi connectivity index (χ0n) is 34.3.